The van der Waals surface area contributed by atoms with E-state index in [0.717, 1.165) is 18.1 Å². The van der Waals surface area contributed by atoms with Crippen molar-refractivity contribution in [3.8, 4) is 0 Å². The van der Waals surface area contributed by atoms with Crippen molar-refractivity contribution in [1.82, 2.24) is 4.98 Å². The Balaban J connectivity index is 2.11. The Hall–Kier alpha value is -0.320. The highest BCUT2D eigenvalue weighted by Crippen LogP contribution is 2.28. The molecule has 0 amide bonds. The van der Waals surface area contributed by atoms with Crippen molar-refractivity contribution in [2.75, 3.05) is 18.0 Å². The monoisotopic (exact) mass is 204 g/mol. The number of rotatable bonds is 1. The van der Waals surface area contributed by atoms with Crippen LogP contribution in [0.1, 0.15) is 6.42 Å². The number of hydrogen-bond donors (Lipinski definition) is 1. The van der Waals surface area contributed by atoms with Crippen molar-refractivity contribution in [2.45, 2.75) is 12.5 Å². The molecule has 2 rings (SSSR count). The minimum atomic E-state index is -0.201. The van der Waals surface area contributed by atoms with E-state index in [9.17, 15) is 5.11 Å². The van der Waals surface area contributed by atoms with Crippen LogP contribution in [0.3, 0.4) is 0 Å². The molecular formula is C7H9ClN2OS. The molecule has 0 aromatic carbocycles. The van der Waals surface area contributed by atoms with Gasteiger partial charge in [-0.25, -0.2) is 4.98 Å². The zero-order valence-electron chi connectivity index (χ0n) is 6.40. The van der Waals surface area contributed by atoms with E-state index in [1.54, 1.807) is 6.20 Å². The highest BCUT2D eigenvalue weighted by atomic mass is 35.5. The van der Waals surface area contributed by atoms with Crippen LogP contribution in [0.2, 0.25) is 4.34 Å². The first-order valence-corrected chi connectivity index (χ1v) is 4.99. The molecule has 12 heavy (non-hydrogen) atoms. The molecule has 0 aliphatic carbocycles. The van der Waals surface area contributed by atoms with E-state index < -0.39 is 0 Å². The Morgan fingerprint density at radius 3 is 3.08 bits per heavy atom. The largest absolute Gasteiger partial charge is 0.391 e. The number of thiazole rings is 1. The van der Waals surface area contributed by atoms with Gasteiger partial charge in [-0.05, 0) is 6.42 Å². The van der Waals surface area contributed by atoms with Gasteiger partial charge in [0.25, 0.3) is 0 Å². The molecule has 0 radical (unpaired) electrons. The van der Waals surface area contributed by atoms with Gasteiger partial charge in [-0.1, -0.05) is 22.9 Å². The van der Waals surface area contributed by atoms with Crippen LogP contribution in [0.5, 0.6) is 0 Å². The Labute approximate surface area is 79.6 Å². The number of aliphatic hydroxyl groups excluding tert-OH is 1. The molecule has 5 heteroatoms. The first-order valence-electron chi connectivity index (χ1n) is 3.80. The highest BCUT2D eigenvalue weighted by molar-refractivity contribution is 7.19. The predicted octanol–water partition coefficient (Wildman–Crippen LogP) is 1.37. The standard InChI is InChI=1S/C7H9ClN2OS/c8-6-3-9-7(12-6)10-2-1-5(11)4-10/h3,5,11H,1-2,4H2/t5-/m0/s1. The zero-order chi connectivity index (χ0) is 8.55. The maximum Gasteiger partial charge on any atom is 0.186 e. The van der Waals surface area contributed by atoms with E-state index in [2.05, 4.69) is 9.88 Å². The predicted molar refractivity (Wildman–Crippen MR) is 50.0 cm³/mol. The fourth-order valence-electron chi connectivity index (χ4n) is 1.31. The van der Waals surface area contributed by atoms with Gasteiger partial charge in [0.1, 0.15) is 4.34 Å². The molecule has 1 aromatic heterocycles. The van der Waals surface area contributed by atoms with Crippen LogP contribution in [0.15, 0.2) is 6.20 Å². The van der Waals surface area contributed by atoms with Crippen LogP contribution in [0, 0.1) is 0 Å². The fourth-order valence-corrected chi connectivity index (χ4v) is 2.24. The molecule has 0 bridgehead atoms. The summed E-state index contributed by atoms with van der Waals surface area (Å²) in [7, 11) is 0. The SMILES string of the molecule is O[C@H]1CCN(c2ncc(Cl)s2)C1. The second-order valence-electron chi connectivity index (χ2n) is 2.84. The first-order chi connectivity index (χ1) is 5.75. The second-order valence-corrected chi connectivity index (χ2v) is 4.48. The lowest BCUT2D eigenvalue weighted by atomic mass is 10.3. The van der Waals surface area contributed by atoms with Crippen molar-refractivity contribution in [1.29, 1.82) is 0 Å². The highest BCUT2D eigenvalue weighted by Gasteiger charge is 2.22. The van der Waals surface area contributed by atoms with Crippen LogP contribution in [-0.2, 0) is 0 Å². The molecule has 1 aromatic rings. The van der Waals surface area contributed by atoms with Crippen LogP contribution >= 0.6 is 22.9 Å². The molecule has 0 saturated carbocycles. The number of aliphatic hydroxyl groups is 1. The van der Waals surface area contributed by atoms with Gasteiger partial charge in [-0.15, -0.1) is 0 Å². The number of aromatic nitrogens is 1. The van der Waals surface area contributed by atoms with Crippen LogP contribution < -0.4 is 4.90 Å². The summed E-state index contributed by atoms with van der Waals surface area (Å²) in [6.45, 7) is 1.56. The summed E-state index contributed by atoms with van der Waals surface area (Å²) in [5.74, 6) is 0. The molecule has 0 spiro atoms. The lowest BCUT2D eigenvalue weighted by Gasteiger charge is -2.12. The zero-order valence-corrected chi connectivity index (χ0v) is 7.98. The molecule has 0 unspecified atom stereocenters. The maximum atomic E-state index is 9.27. The van der Waals surface area contributed by atoms with Crippen LogP contribution in [-0.4, -0.2) is 29.3 Å². The second kappa shape index (κ2) is 3.20. The molecule has 1 aliphatic heterocycles. The number of nitrogens with zero attached hydrogens (tertiary/aromatic N) is 2. The third kappa shape index (κ3) is 1.55. The molecule has 3 nitrogen and oxygen atoms in total. The molecule has 1 atom stereocenters. The summed E-state index contributed by atoms with van der Waals surface area (Å²) in [6, 6.07) is 0. The van der Waals surface area contributed by atoms with E-state index in [1.165, 1.54) is 11.3 Å². The van der Waals surface area contributed by atoms with Crippen LogP contribution in [0.4, 0.5) is 5.13 Å². The van der Waals surface area contributed by atoms with Gasteiger partial charge in [-0.2, -0.15) is 0 Å². The van der Waals surface area contributed by atoms with E-state index in [0.29, 0.717) is 10.9 Å². The molecule has 66 valence electrons. The van der Waals surface area contributed by atoms with Crippen molar-refractivity contribution >= 4 is 28.1 Å². The summed E-state index contributed by atoms with van der Waals surface area (Å²) in [6.07, 6.45) is 2.27. The quantitative estimate of drug-likeness (QED) is 0.751. The van der Waals surface area contributed by atoms with Crippen molar-refractivity contribution in [3.63, 3.8) is 0 Å². The van der Waals surface area contributed by atoms with E-state index >= 15 is 0 Å². The molecule has 1 aliphatic rings. The third-order valence-electron chi connectivity index (χ3n) is 1.90. The third-order valence-corrected chi connectivity index (χ3v) is 3.07. The van der Waals surface area contributed by atoms with Gasteiger partial charge >= 0.3 is 0 Å². The normalized spacial score (nSPS) is 23.5. The summed E-state index contributed by atoms with van der Waals surface area (Å²) >= 11 is 7.20. The molecule has 1 fully saturated rings. The maximum absolute atomic E-state index is 9.27. The molecular weight excluding hydrogens is 196 g/mol. The number of anilines is 1. The Morgan fingerprint density at radius 1 is 1.75 bits per heavy atom. The number of halogens is 1. The Kier molecular flexibility index (Phi) is 2.21. The van der Waals surface area contributed by atoms with Gasteiger partial charge in [-0.3, -0.25) is 0 Å². The average Bonchev–Trinajstić information content (AvgIpc) is 2.58. The van der Waals surface area contributed by atoms with Crippen molar-refractivity contribution in [2.24, 2.45) is 0 Å². The van der Waals surface area contributed by atoms with Crippen molar-refractivity contribution < 1.29 is 5.11 Å². The summed E-state index contributed by atoms with van der Waals surface area (Å²) < 4.78 is 0.700. The first kappa shape index (κ1) is 8.29. The lowest BCUT2D eigenvalue weighted by Crippen LogP contribution is -2.20. The number of hydrogen-bond acceptors (Lipinski definition) is 4. The van der Waals surface area contributed by atoms with E-state index in [-0.39, 0.29) is 6.10 Å². The van der Waals surface area contributed by atoms with Gasteiger partial charge in [0.15, 0.2) is 5.13 Å². The van der Waals surface area contributed by atoms with E-state index in [4.69, 9.17) is 11.6 Å². The average molecular weight is 205 g/mol. The van der Waals surface area contributed by atoms with Crippen molar-refractivity contribution in [3.05, 3.63) is 10.5 Å². The Bertz CT molecular complexity index is 278. The number of β-amino-alcohol motifs (C(OH)–C–C–N with tert-alkyl or cyclic N) is 1. The fraction of sp³-hybridized carbons (Fsp3) is 0.571. The minimum Gasteiger partial charge on any atom is -0.391 e. The summed E-state index contributed by atoms with van der Waals surface area (Å²) in [5.41, 5.74) is 0. The minimum absolute atomic E-state index is 0.201. The Morgan fingerprint density at radius 2 is 2.58 bits per heavy atom. The van der Waals surface area contributed by atoms with Crippen LogP contribution in [0.25, 0.3) is 0 Å². The van der Waals surface area contributed by atoms with Gasteiger partial charge < -0.3 is 10.0 Å². The molecule has 1 N–H and O–H groups in total. The summed E-state index contributed by atoms with van der Waals surface area (Å²) in [4.78, 5) is 6.19. The van der Waals surface area contributed by atoms with Gasteiger partial charge in [0.05, 0.1) is 12.3 Å². The molecule has 1 saturated heterocycles. The molecule has 2 heterocycles. The van der Waals surface area contributed by atoms with E-state index in [1.807, 2.05) is 0 Å². The smallest absolute Gasteiger partial charge is 0.186 e. The van der Waals surface area contributed by atoms with Gasteiger partial charge in [0.2, 0.25) is 0 Å². The lowest BCUT2D eigenvalue weighted by molar-refractivity contribution is 0.198. The van der Waals surface area contributed by atoms with Gasteiger partial charge in [0, 0.05) is 13.1 Å². The summed E-state index contributed by atoms with van der Waals surface area (Å²) in [5, 5.41) is 10.2. The topological polar surface area (TPSA) is 36.4 Å².